The molecule has 0 spiro atoms. The lowest BCUT2D eigenvalue weighted by molar-refractivity contribution is 0.425. The van der Waals surface area contributed by atoms with E-state index in [0.29, 0.717) is 23.6 Å². The summed E-state index contributed by atoms with van der Waals surface area (Å²) in [6.07, 6.45) is 1.74. The summed E-state index contributed by atoms with van der Waals surface area (Å²) in [6.45, 7) is 1.56. The quantitative estimate of drug-likeness (QED) is 0.278. The van der Waals surface area contributed by atoms with E-state index in [-0.39, 0.29) is 5.82 Å². The van der Waals surface area contributed by atoms with Gasteiger partial charge >= 0.3 is 0 Å². The number of nitrogens with zero attached hydrogens (tertiary/aromatic N) is 5. The van der Waals surface area contributed by atoms with Crippen molar-refractivity contribution in [2.24, 2.45) is 0 Å². The number of benzene rings is 2. The summed E-state index contributed by atoms with van der Waals surface area (Å²) >= 11 is 0. The van der Waals surface area contributed by atoms with Crippen molar-refractivity contribution in [3.8, 4) is 34.0 Å². The smallest absolute Gasteiger partial charge is 0.161 e. The van der Waals surface area contributed by atoms with Crippen LogP contribution >= 0.6 is 0 Å². The maximum absolute atomic E-state index is 14.6. The molecule has 8 nitrogen and oxygen atoms in total. The van der Waals surface area contributed by atoms with Gasteiger partial charge in [0.05, 0.1) is 27.9 Å². The van der Waals surface area contributed by atoms with E-state index in [1.54, 1.807) is 6.20 Å². The molecule has 0 atom stereocenters. The fraction of sp³-hybridized carbons (Fsp3) is 0.143. The van der Waals surface area contributed by atoms with Gasteiger partial charge in [0, 0.05) is 30.5 Å². The molecule has 0 aliphatic rings. The molecule has 0 saturated heterocycles. The summed E-state index contributed by atoms with van der Waals surface area (Å²) in [5.74, 6) is 0.280. The van der Waals surface area contributed by atoms with Gasteiger partial charge in [0.25, 0.3) is 0 Å². The van der Waals surface area contributed by atoms with Gasteiger partial charge in [-0.2, -0.15) is 5.10 Å². The third-order valence-electron chi connectivity index (χ3n) is 6.17. The minimum Gasteiger partial charge on any atom is -0.384 e. The number of para-hydroxylation sites is 1. The number of imidazole rings is 1. The van der Waals surface area contributed by atoms with Crippen molar-refractivity contribution in [2.45, 2.75) is 0 Å². The second-order valence-electron chi connectivity index (χ2n) is 9.13. The molecule has 0 fully saturated rings. The summed E-state index contributed by atoms with van der Waals surface area (Å²) in [5, 5.41) is 10.8. The first kappa shape index (κ1) is 22.8. The van der Waals surface area contributed by atoms with Crippen LogP contribution in [0.2, 0.25) is 0 Å². The SMILES string of the molecule is CN(C)CCNc1cc(F)cc(-c2cccc3[nH]c(-c4n[nH]c5ccc(-c6ccccn6)nc45)nc23)c1. The largest absolute Gasteiger partial charge is 0.384 e. The van der Waals surface area contributed by atoms with E-state index < -0.39 is 0 Å². The lowest BCUT2D eigenvalue weighted by atomic mass is 10.0. The number of rotatable bonds is 7. The Labute approximate surface area is 212 Å². The zero-order valence-electron chi connectivity index (χ0n) is 20.5. The van der Waals surface area contributed by atoms with Gasteiger partial charge in [-0.3, -0.25) is 10.1 Å². The highest BCUT2D eigenvalue weighted by Gasteiger charge is 2.17. The van der Waals surface area contributed by atoms with Crippen LogP contribution in [0.1, 0.15) is 0 Å². The number of pyridine rings is 2. The molecule has 0 bridgehead atoms. The fourth-order valence-corrected chi connectivity index (χ4v) is 4.37. The van der Waals surface area contributed by atoms with Crippen molar-refractivity contribution in [3.63, 3.8) is 0 Å². The number of hydrogen-bond acceptors (Lipinski definition) is 6. The van der Waals surface area contributed by atoms with Crippen LogP contribution in [-0.2, 0) is 0 Å². The summed E-state index contributed by atoms with van der Waals surface area (Å²) in [5.41, 5.74) is 7.52. The standard InChI is InChI=1S/C28H25FN8/c1-37(2)13-12-30-19-15-17(14-18(29)16-19)20-6-5-8-23-25(20)34-28(33-23)27-26-24(35-36-27)10-9-22(32-26)21-7-3-4-11-31-21/h3-11,14-16,30H,12-13H2,1-2H3,(H,33,34)(H,35,36). The van der Waals surface area contributed by atoms with Crippen molar-refractivity contribution < 1.29 is 4.39 Å². The summed E-state index contributed by atoms with van der Waals surface area (Å²) in [7, 11) is 4.01. The summed E-state index contributed by atoms with van der Waals surface area (Å²) in [4.78, 5) is 19.6. The first-order chi connectivity index (χ1) is 18.0. The van der Waals surface area contributed by atoms with Crippen molar-refractivity contribution >= 4 is 27.8 Å². The highest BCUT2D eigenvalue weighted by Crippen LogP contribution is 2.33. The molecule has 0 aliphatic carbocycles. The van der Waals surface area contributed by atoms with Gasteiger partial charge in [-0.15, -0.1) is 0 Å². The minimum absolute atomic E-state index is 0.304. The molecule has 0 radical (unpaired) electrons. The van der Waals surface area contributed by atoms with E-state index in [4.69, 9.17) is 9.97 Å². The second-order valence-corrected chi connectivity index (χ2v) is 9.13. The maximum Gasteiger partial charge on any atom is 0.161 e. The van der Waals surface area contributed by atoms with E-state index in [0.717, 1.165) is 51.3 Å². The Hall–Kier alpha value is -4.63. The Morgan fingerprint density at radius 2 is 1.81 bits per heavy atom. The normalized spacial score (nSPS) is 11.6. The molecule has 0 aliphatic heterocycles. The predicted molar refractivity (Wildman–Crippen MR) is 145 cm³/mol. The lowest BCUT2D eigenvalue weighted by Gasteiger charge is -2.13. The van der Waals surface area contributed by atoms with Gasteiger partial charge in [0.1, 0.15) is 11.3 Å². The van der Waals surface area contributed by atoms with Crippen LogP contribution in [0.5, 0.6) is 0 Å². The second kappa shape index (κ2) is 9.44. The zero-order valence-corrected chi connectivity index (χ0v) is 20.5. The Morgan fingerprint density at radius 1 is 0.892 bits per heavy atom. The van der Waals surface area contributed by atoms with E-state index in [1.165, 1.54) is 12.1 Å². The van der Waals surface area contributed by atoms with Crippen LogP contribution in [-0.4, -0.2) is 62.2 Å². The van der Waals surface area contributed by atoms with Gasteiger partial charge in [0.15, 0.2) is 11.5 Å². The molecule has 2 aromatic carbocycles. The molecular weight excluding hydrogens is 467 g/mol. The van der Waals surface area contributed by atoms with Gasteiger partial charge in [-0.1, -0.05) is 18.2 Å². The van der Waals surface area contributed by atoms with Gasteiger partial charge in [-0.25, -0.2) is 14.4 Å². The third-order valence-corrected chi connectivity index (χ3v) is 6.17. The topological polar surface area (TPSA) is 98.4 Å². The number of fused-ring (bicyclic) bond motifs is 2. The lowest BCUT2D eigenvalue weighted by Crippen LogP contribution is -2.20. The Bertz CT molecular complexity index is 1700. The first-order valence-electron chi connectivity index (χ1n) is 12.0. The number of aromatic amines is 2. The molecule has 4 heterocycles. The Morgan fingerprint density at radius 3 is 2.65 bits per heavy atom. The molecule has 3 N–H and O–H groups in total. The Kier molecular flexibility index (Phi) is 5.82. The molecule has 0 unspecified atom stereocenters. The van der Waals surface area contributed by atoms with Gasteiger partial charge < -0.3 is 15.2 Å². The number of likely N-dealkylation sites (N-methyl/N-ethyl adjacent to an activating group) is 1. The molecule has 6 aromatic rings. The summed E-state index contributed by atoms with van der Waals surface area (Å²) in [6, 6.07) is 20.4. The highest BCUT2D eigenvalue weighted by molar-refractivity contribution is 5.96. The number of nitrogens with one attached hydrogen (secondary N) is 3. The van der Waals surface area contributed by atoms with Crippen LogP contribution in [0.25, 0.3) is 56.1 Å². The van der Waals surface area contributed by atoms with E-state index >= 15 is 0 Å². The monoisotopic (exact) mass is 492 g/mol. The zero-order chi connectivity index (χ0) is 25.4. The first-order valence-corrected chi connectivity index (χ1v) is 12.0. The van der Waals surface area contributed by atoms with Crippen molar-refractivity contribution in [1.82, 2.24) is 35.0 Å². The number of halogens is 1. The molecule has 37 heavy (non-hydrogen) atoms. The minimum atomic E-state index is -0.304. The van der Waals surface area contributed by atoms with Crippen LogP contribution in [0.15, 0.2) is 72.9 Å². The van der Waals surface area contributed by atoms with Crippen molar-refractivity contribution in [2.75, 3.05) is 32.5 Å². The predicted octanol–water partition coefficient (Wildman–Crippen LogP) is 5.34. The number of aromatic nitrogens is 6. The average Bonchev–Trinajstić information content (AvgIpc) is 3.52. The number of H-pyrrole nitrogens is 2. The fourth-order valence-electron chi connectivity index (χ4n) is 4.37. The molecule has 184 valence electrons. The highest BCUT2D eigenvalue weighted by atomic mass is 19.1. The number of hydrogen-bond donors (Lipinski definition) is 3. The molecular formula is C28H25FN8. The molecule has 6 rings (SSSR count). The van der Waals surface area contributed by atoms with Crippen LogP contribution in [0, 0.1) is 5.82 Å². The van der Waals surface area contributed by atoms with E-state index in [9.17, 15) is 4.39 Å². The number of anilines is 1. The molecule has 4 aromatic heterocycles. The van der Waals surface area contributed by atoms with Crippen molar-refractivity contribution in [3.05, 3.63) is 78.7 Å². The van der Waals surface area contributed by atoms with E-state index in [2.05, 4.69) is 30.4 Å². The van der Waals surface area contributed by atoms with Crippen LogP contribution in [0.3, 0.4) is 0 Å². The van der Waals surface area contributed by atoms with Crippen LogP contribution in [0.4, 0.5) is 10.1 Å². The molecule has 0 saturated carbocycles. The molecule has 0 amide bonds. The Balaban J connectivity index is 1.41. The summed E-state index contributed by atoms with van der Waals surface area (Å²) < 4.78 is 14.6. The average molecular weight is 493 g/mol. The van der Waals surface area contributed by atoms with E-state index in [1.807, 2.05) is 68.7 Å². The maximum atomic E-state index is 14.6. The van der Waals surface area contributed by atoms with Gasteiger partial charge in [0.2, 0.25) is 0 Å². The van der Waals surface area contributed by atoms with Crippen LogP contribution < -0.4 is 5.32 Å². The molecule has 9 heteroatoms. The van der Waals surface area contributed by atoms with Crippen molar-refractivity contribution in [1.29, 1.82) is 0 Å². The van der Waals surface area contributed by atoms with Gasteiger partial charge in [-0.05, 0) is 68.2 Å². The third kappa shape index (κ3) is 4.52.